The summed E-state index contributed by atoms with van der Waals surface area (Å²) in [6.45, 7) is 1.55. The summed E-state index contributed by atoms with van der Waals surface area (Å²) in [5.74, 6) is -1.74. The van der Waals surface area contributed by atoms with E-state index >= 15 is 0 Å². The molecule has 0 bridgehead atoms. The third-order valence-electron chi connectivity index (χ3n) is 3.67. The summed E-state index contributed by atoms with van der Waals surface area (Å²) in [5.41, 5.74) is -2.68. The highest BCUT2D eigenvalue weighted by Crippen LogP contribution is 2.35. The molecule has 0 aliphatic heterocycles. The fourth-order valence-electron chi connectivity index (χ4n) is 2.48. The quantitative estimate of drug-likeness (QED) is 0.389. The Morgan fingerprint density at radius 1 is 1.28 bits per heavy atom. The zero-order valence-corrected chi connectivity index (χ0v) is 13.4. The van der Waals surface area contributed by atoms with Crippen molar-refractivity contribution in [2.45, 2.75) is 12.3 Å². The van der Waals surface area contributed by atoms with Crippen LogP contribution in [-0.2, 0) is 14.9 Å². The van der Waals surface area contributed by atoms with Crippen molar-refractivity contribution in [2.24, 2.45) is 0 Å². The maximum absolute atomic E-state index is 12.6. The van der Waals surface area contributed by atoms with Crippen molar-refractivity contribution in [3.05, 3.63) is 81.9 Å². The molecule has 0 spiro atoms. The van der Waals surface area contributed by atoms with Gasteiger partial charge in [-0.2, -0.15) is 10.2 Å². The summed E-state index contributed by atoms with van der Waals surface area (Å²) in [5, 5.41) is 43.1. The minimum atomic E-state index is -2.20. The van der Waals surface area contributed by atoms with E-state index in [2.05, 4.69) is 0 Å². The van der Waals surface area contributed by atoms with Gasteiger partial charge >= 0.3 is 5.97 Å². The van der Waals surface area contributed by atoms with E-state index in [9.17, 15) is 25.6 Å². The molecular weight excluding hydrogens is 324 g/mol. The number of nitriles is 1. The Kier molecular flexibility index (Phi) is 5.25. The average molecular weight is 339 g/mol. The summed E-state index contributed by atoms with van der Waals surface area (Å²) in [7, 11) is 0. The first-order valence-corrected chi connectivity index (χ1v) is 7.43. The summed E-state index contributed by atoms with van der Waals surface area (Å²) in [6, 6.07) is 9.61. The largest absolute Gasteiger partial charge is 0.612 e. The molecule has 0 saturated carbocycles. The van der Waals surface area contributed by atoms with Gasteiger partial charge in [0.15, 0.2) is 0 Å². The molecule has 7 heteroatoms. The third kappa shape index (κ3) is 3.10. The summed E-state index contributed by atoms with van der Waals surface area (Å²) < 4.78 is 4.98. The monoisotopic (exact) mass is 339 g/mol. The highest BCUT2D eigenvalue weighted by atomic mass is 16.8. The Hall–Kier alpha value is -3.53. The number of esters is 1. The maximum Gasteiger partial charge on any atom is 0.339 e. The van der Waals surface area contributed by atoms with Gasteiger partial charge < -0.3 is 20.3 Å². The van der Waals surface area contributed by atoms with Crippen molar-refractivity contribution < 1.29 is 19.5 Å². The van der Waals surface area contributed by atoms with Crippen molar-refractivity contribution in [2.75, 3.05) is 6.61 Å². The molecule has 0 heterocycles. The van der Waals surface area contributed by atoms with Crippen molar-refractivity contribution in [1.29, 1.82) is 5.26 Å². The van der Waals surface area contributed by atoms with Gasteiger partial charge in [-0.1, -0.05) is 42.5 Å². The van der Waals surface area contributed by atoms with Gasteiger partial charge in [0.1, 0.15) is 5.76 Å². The average Bonchev–Trinajstić information content (AvgIpc) is 2.63. The van der Waals surface area contributed by atoms with Gasteiger partial charge in [-0.25, -0.2) is 4.79 Å². The fraction of sp³-hybridized carbons (Fsp3) is 0.167. The predicted molar refractivity (Wildman–Crippen MR) is 90.3 cm³/mol. The van der Waals surface area contributed by atoms with Crippen LogP contribution < -0.4 is 0 Å². The minimum absolute atomic E-state index is 0.0146. The number of benzene rings is 1. The summed E-state index contributed by atoms with van der Waals surface area (Å²) >= 11 is 0. The van der Waals surface area contributed by atoms with Crippen LogP contribution in [0.25, 0.3) is 0 Å². The predicted octanol–water partition coefficient (Wildman–Crippen LogP) is 2.40. The molecule has 128 valence electrons. The zero-order valence-electron chi connectivity index (χ0n) is 13.4. The van der Waals surface area contributed by atoms with E-state index in [1.54, 1.807) is 31.2 Å². The lowest BCUT2D eigenvalue weighted by atomic mass is 9.77. The fourth-order valence-corrected chi connectivity index (χ4v) is 2.48. The smallest absolute Gasteiger partial charge is 0.339 e. The molecule has 1 atom stereocenters. The molecule has 1 unspecified atom stereocenters. The van der Waals surface area contributed by atoms with Crippen molar-refractivity contribution >= 4 is 11.7 Å². The van der Waals surface area contributed by atoms with Crippen LogP contribution in [0.1, 0.15) is 12.5 Å². The number of carbonyl (C=O) groups excluding carboxylic acids is 1. The third-order valence-corrected chi connectivity index (χ3v) is 3.67. The highest BCUT2D eigenvalue weighted by Gasteiger charge is 2.49. The van der Waals surface area contributed by atoms with E-state index in [0.29, 0.717) is 0 Å². The lowest BCUT2D eigenvalue weighted by Gasteiger charge is -2.26. The number of carbonyl (C=O) groups is 1. The Balaban J connectivity index is 2.80. The van der Waals surface area contributed by atoms with Gasteiger partial charge in [0, 0.05) is 6.08 Å². The highest BCUT2D eigenvalue weighted by molar-refractivity contribution is 6.10. The first kappa shape index (κ1) is 17.8. The molecule has 1 aromatic carbocycles. The van der Waals surface area contributed by atoms with Crippen LogP contribution in [0.15, 0.2) is 66.0 Å². The van der Waals surface area contributed by atoms with E-state index in [1.807, 2.05) is 0 Å². The van der Waals surface area contributed by atoms with Gasteiger partial charge in [-0.3, -0.25) is 0 Å². The van der Waals surface area contributed by atoms with Crippen LogP contribution in [0.3, 0.4) is 0 Å². The number of rotatable bonds is 4. The molecule has 0 aromatic heterocycles. The second kappa shape index (κ2) is 7.36. The van der Waals surface area contributed by atoms with Crippen LogP contribution in [0.5, 0.6) is 0 Å². The molecule has 1 aliphatic carbocycles. The molecule has 7 nitrogen and oxygen atoms in total. The van der Waals surface area contributed by atoms with Gasteiger partial charge in [0.2, 0.25) is 11.1 Å². The van der Waals surface area contributed by atoms with Gasteiger partial charge in [-0.15, -0.1) is 0 Å². The van der Waals surface area contributed by atoms with Crippen molar-refractivity contribution in [3.8, 4) is 6.07 Å². The minimum Gasteiger partial charge on any atom is -0.612 e. The van der Waals surface area contributed by atoms with E-state index in [0.717, 1.165) is 0 Å². The second-order valence-corrected chi connectivity index (χ2v) is 5.07. The SMILES string of the molecule is CCOC(=O)C(C#N)(C(O)=C1C=CC=CC1=[N+]([O-])[O-])c1ccccc1. The number of aliphatic hydroxyl groups is 1. The molecule has 25 heavy (non-hydrogen) atoms. The molecule has 2 rings (SSSR count). The van der Waals surface area contributed by atoms with Crippen LogP contribution >= 0.6 is 0 Å². The number of hydrogen-bond acceptors (Lipinski definition) is 6. The van der Waals surface area contributed by atoms with E-state index in [-0.39, 0.29) is 17.7 Å². The van der Waals surface area contributed by atoms with E-state index < -0.39 is 27.8 Å². The summed E-state index contributed by atoms with van der Waals surface area (Å²) in [6.07, 6.45) is 5.36. The lowest BCUT2D eigenvalue weighted by molar-refractivity contribution is -0.377. The Bertz CT molecular complexity index is 827. The first-order valence-electron chi connectivity index (χ1n) is 7.43. The number of hydrogen-bond donors (Lipinski definition) is 1. The standard InChI is InChI=1S/C18H15N2O5/c1-2-25-17(22)18(12-19,13-8-4-3-5-9-13)16(21)14-10-6-7-11-15(14)20(23)24/h3-11H,2H2,1H3,(H-,21,23,24)/q-1. The van der Waals surface area contributed by atoms with Crippen molar-refractivity contribution in [3.63, 3.8) is 0 Å². The topological polar surface area (TPSA) is 119 Å². The molecule has 0 saturated heterocycles. The van der Waals surface area contributed by atoms with Crippen molar-refractivity contribution in [1.82, 2.24) is 0 Å². The first-order chi connectivity index (χ1) is 12.0. The van der Waals surface area contributed by atoms with Gasteiger partial charge in [0.25, 0.3) is 0 Å². The molecular formula is C18H15N2O5-. The van der Waals surface area contributed by atoms with Crippen LogP contribution in [0.2, 0.25) is 0 Å². The molecule has 0 radical (unpaired) electrons. The van der Waals surface area contributed by atoms with Crippen LogP contribution in [0, 0.1) is 21.7 Å². The molecule has 1 aromatic rings. The summed E-state index contributed by atoms with van der Waals surface area (Å²) in [4.78, 5) is 11.9. The Morgan fingerprint density at radius 2 is 1.92 bits per heavy atom. The van der Waals surface area contributed by atoms with E-state index in [4.69, 9.17) is 4.74 Å². The lowest BCUT2D eigenvalue weighted by Crippen LogP contribution is -2.40. The molecule has 0 amide bonds. The van der Waals surface area contributed by atoms with Gasteiger partial charge in [-0.05, 0) is 18.6 Å². The molecule has 1 aliphatic rings. The van der Waals surface area contributed by atoms with Crippen LogP contribution in [0.4, 0.5) is 0 Å². The van der Waals surface area contributed by atoms with Gasteiger partial charge in [0.05, 0.1) is 18.2 Å². The second-order valence-electron chi connectivity index (χ2n) is 5.07. The normalized spacial score (nSPS) is 17.4. The van der Waals surface area contributed by atoms with Crippen LogP contribution in [-0.4, -0.2) is 28.3 Å². The van der Waals surface area contributed by atoms with E-state index in [1.165, 1.54) is 36.4 Å². The number of ether oxygens (including phenoxy) is 1. The zero-order chi connectivity index (χ0) is 18.4. The number of nitrogens with zero attached hydrogens (tertiary/aromatic N) is 2. The Labute approximate surface area is 144 Å². The molecule has 1 N–H and O–H groups in total. The number of aliphatic hydroxyl groups excluding tert-OH is 1. The number of allylic oxidation sites excluding steroid dienone is 5. The maximum atomic E-state index is 12.6. The molecule has 0 fully saturated rings. The Morgan fingerprint density at radius 3 is 2.48 bits per heavy atom.